The van der Waals surface area contributed by atoms with E-state index >= 15 is 0 Å². The molecule has 26 heavy (non-hydrogen) atoms. The fourth-order valence-corrected chi connectivity index (χ4v) is 3.97. The van der Waals surface area contributed by atoms with Gasteiger partial charge in [0.2, 0.25) is 0 Å². The summed E-state index contributed by atoms with van der Waals surface area (Å²) in [5.41, 5.74) is 2.38. The maximum absolute atomic E-state index is 12.9. The van der Waals surface area contributed by atoms with Crippen LogP contribution in [0.2, 0.25) is 0 Å². The van der Waals surface area contributed by atoms with Crippen molar-refractivity contribution in [3.63, 3.8) is 0 Å². The molecule has 2 aromatic heterocycles. The van der Waals surface area contributed by atoms with E-state index in [1.807, 2.05) is 65.3 Å². The number of thiazole rings is 1. The van der Waals surface area contributed by atoms with Crippen LogP contribution < -0.4 is 0 Å². The lowest BCUT2D eigenvalue weighted by Gasteiger charge is -2.38. The van der Waals surface area contributed by atoms with Gasteiger partial charge < -0.3 is 9.64 Å². The number of hydrogen-bond acceptors (Lipinski definition) is 5. The molecule has 6 nitrogen and oxygen atoms in total. The number of nitrogens with zero attached hydrogens (tertiary/aromatic N) is 4. The lowest BCUT2D eigenvalue weighted by molar-refractivity contribution is -0.0251. The number of ether oxygens (including phenoxy) is 1. The number of carbonyl (C=O) groups is 1. The van der Waals surface area contributed by atoms with Gasteiger partial charge in [0.25, 0.3) is 5.91 Å². The van der Waals surface area contributed by atoms with Gasteiger partial charge >= 0.3 is 0 Å². The highest BCUT2D eigenvalue weighted by molar-refractivity contribution is 7.13. The predicted octanol–water partition coefficient (Wildman–Crippen LogP) is 3.25. The number of carbonyl (C=O) groups excluding carboxylic acids is 1. The molecule has 7 heteroatoms. The maximum atomic E-state index is 12.9. The van der Waals surface area contributed by atoms with Crippen molar-refractivity contribution < 1.29 is 9.53 Å². The fraction of sp³-hybridized carbons (Fsp3) is 0.316. The van der Waals surface area contributed by atoms with E-state index in [9.17, 15) is 4.79 Å². The molecule has 0 saturated carbocycles. The highest BCUT2D eigenvalue weighted by atomic mass is 32.1. The largest absolute Gasteiger partial charge is 0.377 e. The van der Waals surface area contributed by atoms with Crippen LogP contribution >= 0.6 is 11.3 Å². The Labute approximate surface area is 156 Å². The predicted molar refractivity (Wildman–Crippen MR) is 101 cm³/mol. The molecule has 134 valence electrons. The number of rotatable bonds is 3. The summed E-state index contributed by atoms with van der Waals surface area (Å²) < 4.78 is 7.32. The highest BCUT2D eigenvalue weighted by Crippen LogP contribution is 2.26. The molecule has 2 unspecified atom stereocenters. The standard InChI is InChI=1S/C19H20N4O2S/c1-13-10-25-11-14(2)23(13)19(24)17-12-26-18(21-17)15-8-20-22(9-15)16-6-4-3-5-7-16/h3-9,12-14H,10-11H2,1-2H3. The summed E-state index contributed by atoms with van der Waals surface area (Å²) in [6.45, 7) is 5.14. The first-order chi connectivity index (χ1) is 12.6. The summed E-state index contributed by atoms with van der Waals surface area (Å²) >= 11 is 1.46. The molecule has 0 aliphatic carbocycles. The molecule has 3 heterocycles. The normalized spacial score (nSPS) is 20.3. The molecule has 1 amide bonds. The van der Waals surface area contributed by atoms with Gasteiger partial charge in [0.1, 0.15) is 10.7 Å². The minimum atomic E-state index is -0.0359. The Bertz CT molecular complexity index is 895. The minimum absolute atomic E-state index is 0.0359. The van der Waals surface area contributed by atoms with Crippen LogP contribution in [0.1, 0.15) is 24.3 Å². The molecule has 1 fully saturated rings. The fourth-order valence-electron chi connectivity index (χ4n) is 3.20. The first kappa shape index (κ1) is 16.9. The second-order valence-corrected chi connectivity index (χ2v) is 7.35. The van der Waals surface area contributed by atoms with Crippen molar-refractivity contribution in [2.24, 2.45) is 0 Å². The Kier molecular flexibility index (Phi) is 4.57. The van der Waals surface area contributed by atoms with Crippen LogP contribution in [0.15, 0.2) is 48.1 Å². The molecule has 1 saturated heterocycles. The van der Waals surface area contributed by atoms with Crippen molar-refractivity contribution in [1.82, 2.24) is 19.7 Å². The molecule has 1 aliphatic rings. The maximum Gasteiger partial charge on any atom is 0.273 e. The van der Waals surface area contributed by atoms with Crippen LogP contribution in [0.3, 0.4) is 0 Å². The van der Waals surface area contributed by atoms with Crippen LogP contribution in [-0.2, 0) is 4.74 Å². The third-order valence-corrected chi connectivity index (χ3v) is 5.37. The van der Waals surface area contributed by atoms with Gasteiger partial charge in [0.15, 0.2) is 0 Å². The van der Waals surface area contributed by atoms with Crippen molar-refractivity contribution in [3.05, 3.63) is 53.8 Å². The molecule has 1 aromatic carbocycles. The Balaban J connectivity index is 1.57. The van der Waals surface area contributed by atoms with Crippen LogP contribution in [0, 0.1) is 0 Å². The Morgan fingerprint density at radius 1 is 1.19 bits per heavy atom. The van der Waals surface area contributed by atoms with Crippen molar-refractivity contribution >= 4 is 17.2 Å². The van der Waals surface area contributed by atoms with Crippen molar-refractivity contribution in [2.75, 3.05) is 13.2 Å². The van der Waals surface area contributed by atoms with E-state index in [1.54, 1.807) is 6.20 Å². The SMILES string of the molecule is CC1COCC(C)N1C(=O)c1csc(-c2cnn(-c3ccccc3)c2)n1. The number of para-hydroxylation sites is 1. The topological polar surface area (TPSA) is 60.2 Å². The summed E-state index contributed by atoms with van der Waals surface area (Å²) in [7, 11) is 0. The number of aromatic nitrogens is 3. The van der Waals surface area contributed by atoms with Crippen molar-refractivity contribution in [1.29, 1.82) is 0 Å². The van der Waals surface area contributed by atoms with Gasteiger partial charge in [0.05, 0.1) is 37.2 Å². The van der Waals surface area contributed by atoms with Gasteiger partial charge in [-0.2, -0.15) is 5.10 Å². The first-order valence-electron chi connectivity index (χ1n) is 8.60. The quantitative estimate of drug-likeness (QED) is 0.712. The molecule has 3 aromatic rings. The van der Waals surface area contributed by atoms with E-state index in [0.29, 0.717) is 18.9 Å². The van der Waals surface area contributed by atoms with E-state index in [2.05, 4.69) is 10.1 Å². The molecule has 1 aliphatic heterocycles. The summed E-state index contributed by atoms with van der Waals surface area (Å²) in [6.07, 6.45) is 3.71. The van der Waals surface area contributed by atoms with Crippen molar-refractivity contribution in [3.8, 4) is 16.3 Å². The van der Waals surface area contributed by atoms with E-state index in [-0.39, 0.29) is 18.0 Å². The monoisotopic (exact) mass is 368 g/mol. The van der Waals surface area contributed by atoms with Gasteiger partial charge in [-0.3, -0.25) is 4.79 Å². The summed E-state index contributed by atoms with van der Waals surface area (Å²) in [5.74, 6) is -0.0359. The van der Waals surface area contributed by atoms with Crippen LogP contribution in [0.4, 0.5) is 0 Å². The Hall–Kier alpha value is -2.51. The van der Waals surface area contributed by atoms with E-state index in [0.717, 1.165) is 16.3 Å². The molecule has 2 atom stereocenters. The van der Waals surface area contributed by atoms with Gasteiger partial charge in [-0.05, 0) is 26.0 Å². The Morgan fingerprint density at radius 2 is 1.92 bits per heavy atom. The molecule has 0 N–H and O–H groups in total. The van der Waals surface area contributed by atoms with E-state index < -0.39 is 0 Å². The average molecular weight is 368 g/mol. The number of morpholine rings is 1. The summed E-state index contributed by atoms with van der Waals surface area (Å²) in [4.78, 5) is 19.3. The van der Waals surface area contributed by atoms with E-state index in [1.165, 1.54) is 11.3 Å². The highest BCUT2D eigenvalue weighted by Gasteiger charge is 2.31. The number of amides is 1. The zero-order chi connectivity index (χ0) is 18.1. The van der Waals surface area contributed by atoms with Gasteiger partial charge in [-0.25, -0.2) is 9.67 Å². The summed E-state index contributed by atoms with van der Waals surface area (Å²) in [5, 5.41) is 7.02. The summed E-state index contributed by atoms with van der Waals surface area (Å²) in [6, 6.07) is 10.0. The number of benzene rings is 1. The first-order valence-corrected chi connectivity index (χ1v) is 9.48. The van der Waals surface area contributed by atoms with Crippen LogP contribution in [-0.4, -0.2) is 50.9 Å². The molecular weight excluding hydrogens is 348 g/mol. The molecule has 4 rings (SSSR count). The zero-order valence-electron chi connectivity index (χ0n) is 14.7. The second-order valence-electron chi connectivity index (χ2n) is 6.49. The van der Waals surface area contributed by atoms with Gasteiger partial charge in [0, 0.05) is 17.1 Å². The molecular formula is C19H20N4O2S. The Morgan fingerprint density at radius 3 is 2.65 bits per heavy atom. The van der Waals surface area contributed by atoms with E-state index in [4.69, 9.17) is 4.74 Å². The molecule has 0 spiro atoms. The number of hydrogen-bond donors (Lipinski definition) is 0. The molecule has 0 radical (unpaired) electrons. The molecule has 0 bridgehead atoms. The van der Waals surface area contributed by atoms with Gasteiger partial charge in [-0.1, -0.05) is 18.2 Å². The van der Waals surface area contributed by atoms with Crippen LogP contribution in [0.5, 0.6) is 0 Å². The lowest BCUT2D eigenvalue weighted by Crippen LogP contribution is -2.52. The zero-order valence-corrected chi connectivity index (χ0v) is 15.5. The smallest absolute Gasteiger partial charge is 0.273 e. The van der Waals surface area contributed by atoms with Gasteiger partial charge in [-0.15, -0.1) is 11.3 Å². The van der Waals surface area contributed by atoms with Crippen LogP contribution in [0.25, 0.3) is 16.3 Å². The second kappa shape index (κ2) is 7.01. The lowest BCUT2D eigenvalue weighted by atomic mass is 10.1. The minimum Gasteiger partial charge on any atom is -0.377 e. The average Bonchev–Trinajstić information content (AvgIpc) is 3.32. The third kappa shape index (κ3) is 3.15. The third-order valence-electron chi connectivity index (χ3n) is 4.48. The van der Waals surface area contributed by atoms with Crippen molar-refractivity contribution in [2.45, 2.75) is 25.9 Å².